The highest BCUT2D eigenvalue weighted by Crippen LogP contribution is 2.18. The molecule has 1 aromatic rings. The van der Waals surface area contributed by atoms with Crippen LogP contribution in [0.15, 0.2) is 18.2 Å². The third-order valence-electron chi connectivity index (χ3n) is 1.47. The van der Waals surface area contributed by atoms with E-state index >= 15 is 0 Å². The van der Waals surface area contributed by atoms with Crippen molar-refractivity contribution in [2.75, 3.05) is 5.73 Å². The molecule has 3 nitrogen and oxygen atoms in total. The molecule has 1 aromatic carbocycles. The van der Waals surface area contributed by atoms with Gasteiger partial charge in [-0.25, -0.2) is 4.39 Å². The Balaban J connectivity index is 2.81. The number of hydrogen-bond donors (Lipinski definition) is 1. The van der Waals surface area contributed by atoms with Crippen LogP contribution in [-0.4, -0.2) is 6.10 Å². The molecule has 13 heavy (non-hydrogen) atoms. The Morgan fingerprint density at radius 2 is 2.31 bits per heavy atom. The lowest BCUT2D eigenvalue weighted by molar-refractivity contribution is 0.275. The van der Waals surface area contributed by atoms with Crippen LogP contribution in [0.2, 0.25) is 0 Å². The summed E-state index contributed by atoms with van der Waals surface area (Å²) in [5.74, 6) is -0.233. The Hall–Kier alpha value is -1.76. The van der Waals surface area contributed by atoms with E-state index in [1.807, 2.05) is 6.07 Å². The first-order chi connectivity index (χ1) is 6.13. The molecule has 0 bridgehead atoms. The number of nitriles is 1. The zero-order valence-corrected chi connectivity index (χ0v) is 7.12. The highest BCUT2D eigenvalue weighted by Gasteiger charge is 2.04. The molecule has 0 aliphatic heterocycles. The highest BCUT2D eigenvalue weighted by atomic mass is 19.1. The van der Waals surface area contributed by atoms with Crippen LogP contribution in [0.3, 0.4) is 0 Å². The van der Waals surface area contributed by atoms with Gasteiger partial charge in [-0.15, -0.1) is 0 Å². The number of anilines is 1. The van der Waals surface area contributed by atoms with Gasteiger partial charge in [0, 0.05) is 6.07 Å². The van der Waals surface area contributed by atoms with Gasteiger partial charge in [0.05, 0.1) is 5.69 Å². The zero-order valence-electron chi connectivity index (χ0n) is 7.12. The van der Waals surface area contributed by atoms with Crippen molar-refractivity contribution in [3.8, 4) is 11.8 Å². The van der Waals surface area contributed by atoms with Gasteiger partial charge >= 0.3 is 0 Å². The van der Waals surface area contributed by atoms with Crippen molar-refractivity contribution in [3.05, 3.63) is 24.0 Å². The highest BCUT2D eigenvalue weighted by molar-refractivity contribution is 5.43. The minimum absolute atomic E-state index is 0.0666. The van der Waals surface area contributed by atoms with Crippen molar-refractivity contribution in [3.63, 3.8) is 0 Å². The number of rotatable bonds is 2. The zero-order chi connectivity index (χ0) is 9.84. The van der Waals surface area contributed by atoms with E-state index < -0.39 is 11.9 Å². The Kier molecular flexibility index (Phi) is 2.70. The maximum absolute atomic E-state index is 12.8. The van der Waals surface area contributed by atoms with Gasteiger partial charge in [0.25, 0.3) is 0 Å². The molecule has 0 heterocycles. The van der Waals surface area contributed by atoms with E-state index in [-0.39, 0.29) is 5.69 Å². The lowest BCUT2D eigenvalue weighted by Crippen LogP contribution is -2.08. The smallest absolute Gasteiger partial charge is 0.181 e. The fourth-order valence-corrected chi connectivity index (χ4v) is 0.812. The second-order valence-corrected chi connectivity index (χ2v) is 2.57. The van der Waals surface area contributed by atoms with Crippen LogP contribution in [0, 0.1) is 17.1 Å². The van der Waals surface area contributed by atoms with Gasteiger partial charge in [0.2, 0.25) is 0 Å². The fourth-order valence-electron chi connectivity index (χ4n) is 0.812. The summed E-state index contributed by atoms with van der Waals surface area (Å²) in [7, 11) is 0. The standard InChI is InChI=1S/C9H9FN2O/c1-6(5-11)13-7-2-3-9(12)8(10)4-7/h2-4,6H,12H2,1H3. The van der Waals surface area contributed by atoms with Crippen LogP contribution in [0.1, 0.15) is 6.92 Å². The van der Waals surface area contributed by atoms with Gasteiger partial charge in [-0.3, -0.25) is 0 Å². The first-order valence-corrected chi connectivity index (χ1v) is 3.75. The molecule has 0 saturated heterocycles. The topological polar surface area (TPSA) is 59.0 Å². The lowest BCUT2D eigenvalue weighted by Gasteiger charge is -2.07. The van der Waals surface area contributed by atoms with E-state index in [0.29, 0.717) is 5.75 Å². The maximum Gasteiger partial charge on any atom is 0.181 e. The number of nitrogen functional groups attached to an aromatic ring is 1. The summed E-state index contributed by atoms with van der Waals surface area (Å²) in [5.41, 5.74) is 5.32. The normalized spacial score (nSPS) is 11.8. The van der Waals surface area contributed by atoms with E-state index in [0.717, 1.165) is 6.07 Å². The fraction of sp³-hybridized carbons (Fsp3) is 0.222. The molecular weight excluding hydrogens is 171 g/mol. The minimum Gasteiger partial charge on any atom is -0.476 e. The van der Waals surface area contributed by atoms with Crippen LogP contribution >= 0.6 is 0 Å². The number of nitrogens with two attached hydrogens (primary N) is 1. The van der Waals surface area contributed by atoms with Crippen molar-refractivity contribution in [1.82, 2.24) is 0 Å². The molecular formula is C9H9FN2O. The van der Waals surface area contributed by atoms with E-state index in [1.54, 1.807) is 6.92 Å². The number of halogens is 1. The first-order valence-electron chi connectivity index (χ1n) is 3.75. The molecule has 0 spiro atoms. The SMILES string of the molecule is CC(C#N)Oc1ccc(N)c(F)c1. The van der Waals surface area contributed by atoms with Crippen molar-refractivity contribution in [2.45, 2.75) is 13.0 Å². The van der Waals surface area contributed by atoms with Crippen LogP contribution < -0.4 is 10.5 Å². The number of nitrogens with zero attached hydrogens (tertiary/aromatic N) is 1. The average Bonchev–Trinajstić information content (AvgIpc) is 2.11. The summed E-state index contributed by atoms with van der Waals surface area (Å²) >= 11 is 0. The lowest BCUT2D eigenvalue weighted by atomic mass is 10.3. The van der Waals surface area contributed by atoms with Gasteiger partial charge in [0.1, 0.15) is 17.6 Å². The van der Waals surface area contributed by atoms with E-state index in [2.05, 4.69) is 0 Å². The van der Waals surface area contributed by atoms with Crippen molar-refractivity contribution in [1.29, 1.82) is 5.26 Å². The summed E-state index contributed by atoms with van der Waals surface area (Å²) in [6.07, 6.45) is -0.594. The maximum atomic E-state index is 12.8. The van der Waals surface area contributed by atoms with E-state index in [1.165, 1.54) is 12.1 Å². The number of ether oxygens (including phenoxy) is 1. The Morgan fingerprint density at radius 1 is 1.62 bits per heavy atom. The molecule has 0 aliphatic rings. The Labute approximate surface area is 75.5 Å². The molecule has 0 saturated carbocycles. The largest absolute Gasteiger partial charge is 0.476 e. The summed E-state index contributed by atoms with van der Waals surface area (Å²) in [5, 5.41) is 8.43. The molecule has 1 rings (SSSR count). The van der Waals surface area contributed by atoms with Crippen molar-refractivity contribution >= 4 is 5.69 Å². The second kappa shape index (κ2) is 3.76. The molecule has 0 fully saturated rings. The third kappa shape index (κ3) is 2.34. The van der Waals surface area contributed by atoms with Crippen LogP contribution in [0.4, 0.5) is 10.1 Å². The monoisotopic (exact) mass is 180 g/mol. The van der Waals surface area contributed by atoms with Crippen LogP contribution in [-0.2, 0) is 0 Å². The predicted octanol–water partition coefficient (Wildman–Crippen LogP) is 1.70. The average molecular weight is 180 g/mol. The predicted molar refractivity (Wildman–Crippen MR) is 46.5 cm³/mol. The number of hydrogen-bond acceptors (Lipinski definition) is 3. The third-order valence-corrected chi connectivity index (χ3v) is 1.47. The van der Waals surface area contributed by atoms with Gasteiger partial charge in [-0.05, 0) is 19.1 Å². The molecule has 0 radical (unpaired) electrons. The van der Waals surface area contributed by atoms with Crippen molar-refractivity contribution in [2.24, 2.45) is 0 Å². The van der Waals surface area contributed by atoms with Crippen LogP contribution in [0.25, 0.3) is 0 Å². The van der Waals surface area contributed by atoms with Crippen LogP contribution in [0.5, 0.6) is 5.75 Å². The molecule has 4 heteroatoms. The molecule has 0 amide bonds. The molecule has 2 N–H and O–H groups in total. The second-order valence-electron chi connectivity index (χ2n) is 2.57. The Morgan fingerprint density at radius 3 is 2.85 bits per heavy atom. The summed E-state index contributed by atoms with van der Waals surface area (Å²) in [4.78, 5) is 0. The van der Waals surface area contributed by atoms with Gasteiger partial charge in [-0.1, -0.05) is 0 Å². The quantitative estimate of drug-likeness (QED) is 0.704. The van der Waals surface area contributed by atoms with Gasteiger partial charge in [-0.2, -0.15) is 5.26 Å². The summed E-state index contributed by atoms with van der Waals surface area (Å²) in [6.45, 7) is 1.58. The van der Waals surface area contributed by atoms with Crippen molar-refractivity contribution < 1.29 is 9.13 Å². The Bertz CT molecular complexity index is 346. The molecule has 1 unspecified atom stereocenters. The van der Waals surface area contributed by atoms with E-state index in [4.69, 9.17) is 15.7 Å². The minimum atomic E-state index is -0.594. The molecule has 0 aliphatic carbocycles. The number of benzene rings is 1. The van der Waals surface area contributed by atoms with E-state index in [9.17, 15) is 4.39 Å². The first kappa shape index (κ1) is 9.33. The summed E-state index contributed by atoms with van der Waals surface area (Å²) < 4.78 is 17.9. The summed E-state index contributed by atoms with van der Waals surface area (Å²) in [6, 6.07) is 5.95. The molecule has 1 atom stereocenters. The van der Waals surface area contributed by atoms with Gasteiger partial charge in [0.15, 0.2) is 6.10 Å². The van der Waals surface area contributed by atoms with Gasteiger partial charge < -0.3 is 10.5 Å². The molecule has 0 aromatic heterocycles. The molecule has 68 valence electrons.